The fourth-order valence-electron chi connectivity index (χ4n) is 1.63. The van der Waals surface area contributed by atoms with Gasteiger partial charge in [-0.25, -0.2) is 0 Å². The minimum absolute atomic E-state index is 0. The normalized spacial score (nSPS) is 12.1. The number of nitro benzene ring substituents is 1. The van der Waals surface area contributed by atoms with E-state index in [-0.39, 0.29) is 23.8 Å². The van der Waals surface area contributed by atoms with E-state index in [2.05, 4.69) is 15.9 Å². The molecule has 0 saturated heterocycles. The summed E-state index contributed by atoms with van der Waals surface area (Å²) in [6, 6.07) is 2.18. The van der Waals surface area contributed by atoms with Crippen molar-refractivity contribution in [2.24, 2.45) is 11.7 Å². The van der Waals surface area contributed by atoms with Crippen molar-refractivity contribution in [3.63, 3.8) is 0 Å². The van der Waals surface area contributed by atoms with Crippen LogP contribution in [0.2, 0.25) is 0 Å². The molecule has 0 aliphatic carbocycles. The number of phenolic OH excluding ortho intramolecular Hbond substituents is 1. The molecule has 0 saturated carbocycles. The summed E-state index contributed by atoms with van der Waals surface area (Å²) in [5.41, 5.74) is 6.25. The smallest absolute Gasteiger partial charge is 0.271 e. The number of rotatable bonds is 4. The maximum absolute atomic E-state index is 10.7. The van der Waals surface area contributed by atoms with E-state index in [1.807, 2.05) is 13.8 Å². The maximum atomic E-state index is 10.7. The van der Waals surface area contributed by atoms with Gasteiger partial charge in [0.05, 0.1) is 9.40 Å². The van der Waals surface area contributed by atoms with Crippen molar-refractivity contribution < 1.29 is 10.0 Å². The van der Waals surface area contributed by atoms with E-state index in [4.69, 9.17) is 5.73 Å². The van der Waals surface area contributed by atoms with E-state index in [1.54, 1.807) is 0 Å². The highest BCUT2D eigenvalue weighted by Crippen LogP contribution is 2.36. The average molecular weight is 340 g/mol. The second kappa shape index (κ2) is 6.92. The summed E-state index contributed by atoms with van der Waals surface area (Å²) in [5, 5.41) is 20.6. The second-order valence-electron chi connectivity index (χ2n) is 4.36. The van der Waals surface area contributed by atoms with Crippen LogP contribution in [0.5, 0.6) is 5.75 Å². The van der Waals surface area contributed by atoms with E-state index in [0.29, 0.717) is 22.4 Å². The van der Waals surface area contributed by atoms with Gasteiger partial charge < -0.3 is 10.8 Å². The molecule has 0 bridgehead atoms. The quantitative estimate of drug-likeness (QED) is 0.648. The molecule has 1 aromatic rings. The Hall–Kier alpha value is -0.850. The van der Waals surface area contributed by atoms with Crippen molar-refractivity contribution in [3.8, 4) is 5.75 Å². The molecule has 1 rings (SSSR count). The first-order valence-electron chi connectivity index (χ1n) is 5.25. The zero-order chi connectivity index (χ0) is 13.2. The van der Waals surface area contributed by atoms with Gasteiger partial charge in [-0.15, -0.1) is 12.4 Å². The Morgan fingerprint density at radius 2 is 2.06 bits per heavy atom. The lowest BCUT2D eigenvalue weighted by atomic mass is 9.97. The van der Waals surface area contributed by atoms with Gasteiger partial charge in [0.2, 0.25) is 0 Å². The van der Waals surface area contributed by atoms with Gasteiger partial charge in [-0.2, -0.15) is 0 Å². The van der Waals surface area contributed by atoms with Gasteiger partial charge in [0.15, 0.2) is 0 Å². The summed E-state index contributed by atoms with van der Waals surface area (Å²) >= 11 is 3.09. The van der Waals surface area contributed by atoms with Gasteiger partial charge in [0.25, 0.3) is 5.69 Å². The fourth-order valence-corrected chi connectivity index (χ4v) is 2.09. The first-order chi connectivity index (χ1) is 7.82. The van der Waals surface area contributed by atoms with Crippen molar-refractivity contribution in [2.45, 2.75) is 26.3 Å². The molecule has 5 nitrogen and oxygen atoms in total. The first kappa shape index (κ1) is 17.2. The summed E-state index contributed by atoms with van der Waals surface area (Å²) in [4.78, 5) is 10.2. The van der Waals surface area contributed by atoms with Gasteiger partial charge in [-0.1, -0.05) is 13.8 Å². The Bertz CT molecular complexity index is 441. The zero-order valence-electron chi connectivity index (χ0n) is 10.1. The van der Waals surface area contributed by atoms with Crippen molar-refractivity contribution in [2.75, 3.05) is 0 Å². The van der Waals surface area contributed by atoms with Crippen LogP contribution in [-0.4, -0.2) is 10.0 Å². The number of phenols is 1. The molecular formula is C11H16BrClN2O3. The van der Waals surface area contributed by atoms with Crippen molar-refractivity contribution in [1.82, 2.24) is 0 Å². The van der Waals surface area contributed by atoms with Crippen LogP contribution in [0.25, 0.3) is 0 Å². The van der Waals surface area contributed by atoms with E-state index in [0.717, 1.165) is 0 Å². The summed E-state index contributed by atoms with van der Waals surface area (Å²) in [5.74, 6) is 0.325. The predicted octanol–water partition coefficient (Wildman–Crippen LogP) is 3.53. The maximum Gasteiger partial charge on any atom is 0.271 e. The minimum atomic E-state index is -0.504. The molecule has 0 heterocycles. The van der Waals surface area contributed by atoms with E-state index >= 15 is 0 Å². The standard InChI is InChI=1S/C11H15BrN2O3.ClH/c1-6(2)3-10(13)8-4-7(14(16)17)5-9(12)11(8)15;/h4-6,10,15H,3,13H2,1-2H3;1H/t10-;/m1./s1. The van der Waals surface area contributed by atoms with Crippen molar-refractivity contribution >= 4 is 34.0 Å². The van der Waals surface area contributed by atoms with Crippen LogP contribution in [0.3, 0.4) is 0 Å². The lowest BCUT2D eigenvalue weighted by Gasteiger charge is -2.16. The lowest BCUT2D eigenvalue weighted by Crippen LogP contribution is -2.13. The van der Waals surface area contributed by atoms with E-state index < -0.39 is 11.0 Å². The third-order valence-electron chi connectivity index (χ3n) is 2.41. The molecule has 7 heteroatoms. The highest BCUT2D eigenvalue weighted by molar-refractivity contribution is 9.10. The Labute approximate surface area is 120 Å². The van der Waals surface area contributed by atoms with Crippen LogP contribution in [0.1, 0.15) is 31.9 Å². The molecule has 0 radical (unpaired) electrons. The molecule has 0 aliphatic heterocycles. The number of hydrogen-bond acceptors (Lipinski definition) is 4. The zero-order valence-corrected chi connectivity index (χ0v) is 12.5. The predicted molar refractivity (Wildman–Crippen MR) is 76.1 cm³/mol. The monoisotopic (exact) mass is 338 g/mol. The SMILES string of the molecule is CC(C)C[C@@H](N)c1cc([N+](=O)[O-])cc(Br)c1O.Cl. The second-order valence-corrected chi connectivity index (χ2v) is 5.21. The Morgan fingerprint density at radius 3 is 2.50 bits per heavy atom. The number of aromatic hydroxyl groups is 1. The highest BCUT2D eigenvalue weighted by Gasteiger charge is 2.19. The molecule has 102 valence electrons. The van der Waals surface area contributed by atoms with Crippen molar-refractivity contribution in [1.29, 1.82) is 0 Å². The van der Waals surface area contributed by atoms with Crippen molar-refractivity contribution in [3.05, 3.63) is 32.3 Å². The summed E-state index contributed by atoms with van der Waals surface area (Å²) in [6.07, 6.45) is 0.654. The molecule has 1 atom stereocenters. The van der Waals surface area contributed by atoms with Gasteiger partial charge >= 0.3 is 0 Å². The van der Waals surface area contributed by atoms with Crippen LogP contribution in [-0.2, 0) is 0 Å². The number of benzene rings is 1. The topological polar surface area (TPSA) is 89.4 Å². The van der Waals surface area contributed by atoms with Crippen LogP contribution >= 0.6 is 28.3 Å². The first-order valence-corrected chi connectivity index (χ1v) is 6.04. The molecule has 0 unspecified atom stereocenters. The molecule has 1 aromatic carbocycles. The van der Waals surface area contributed by atoms with Crippen LogP contribution in [0.4, 0.5) is 5.69 Å². The number of nitro groups is 1. The van der Waals surface area contributed by atoms with Crippen LogP contribution < -0.4 is 5.73 Å². The Kier molecular flexibility index (Phi) is 6.59. The number of non-ortho nitro benzene ring substituents is 1. The van der Waals surface area contributed by atoms with E-state index in [9.17, 15) is 15.2 Å². The van der Waals surface area contributed by atoms with Gasteiger partial charge in [0, 0.05) is 23.7 Å². The lowest BCUT2D eigenvalue weighted by molar-refractivity contribution is -0.385. The number of nitrogens with two attached hydrogens (primary N) is 1. The molecule has 0 aliphatic rings. The largest absolute Gasteiger partial charge is 0.506 e. The summed E-state index contributed by atoms with van der Waals surface area (Å²) in [6.45, 7) is 4.01. The number of nitrogens with zero attached hydrogens (tertiary/aromatic N) is 1. The molecule has 18 heavy (non-hydrogen) atoms. The molecular weight excluding hydrogens is 323 g/mol. The van der Waals surface area contributed by atoms with E-state index in [1.165, 1.54) is 12.1 Å². The molecule has 0 aromatic heterocycles. The fraction of sp³-hybridized carbons (Fsp3) is 0.455. The molecule has 0 spiro atoms. The highest BCUT2D eigenvalue weighted by atomic mass is 79.9. The average Bonchev–Trinajstić information content (AvgIpc) is 2.20. The van der Waals surface area contributed by atoms with Gasteiger partial charge in [-0.05, 0) is 28.3 Å². The minimum Gasteiger partial charge on any atom is -0.506 e. The summed E-state index contributed by atoms with van der Waals surface area (Å²) < 4.78 is 0.293. The van der Waals surface area contributed by atoms with Gasteiger partial charge in [0.1, 0.15) is 5.75 Å². The Balaban J connectivity index is 0.00000289. The van der Waals surface area contributed by atoms with Crippen LogP contribution in [0.15, 0.2) is 16.6 Å². The third kappa shape index (κ3) is 4.12. The molecule has 3 N–H and O–H groups in total. The summed E-state index contributed by atoms with van der Waals surface area (Å²) in [7, 11) is 0. The number of hydrogen-bond donors (Lipinski definition) is 2. The Morgan fingerprint density at radius 1 is 1.50 bits per heavy atom. The third-order valence-corrected chi connectivity index (χ3v) is 3.02. The molecule has 0 fully saturated rings. The van der Waals surface area contributed by atoms with Crippen LogP contribution in [0, 0.1) is 16.0 Å². The molecule has 0 amide bonds. The van der Waals surface area contributed by atoms with Gasteiger partial charge in [-0.3, -0.25) is 10.1 Å². The number of halogens is 2.